The van der Waals surface area contributed by atoms with Crippen molar-refractivity contribution in [3.63, 3.8) is 0 Å². The quantitative estimate of drug-likeness (QED) is 0.851. The molecule has 2 rings (SSSR count). The predicted molar refractivity (Wildman–Crippen MR) is 67.7 cm³/mol. The van der Waals surface area contributed by atoms with Crippen molar-refractivity contribution in [1.82, 2.24) is 20.1 Å². The summed E-state index contributed by atoms with van der Waals surface area (Å²) >= 11 is 0. The first-order valence-electron chi connectivity index (χ1n) is 5.92. The van der Waals surface area contributed by atoms with Gasteiger partial charge < -0.3 is 5.32 Å². The minimum absolute atomic E-state index is 0.766. The van der Waals surface area contributed by atoms with Gasteiger partial charge in [-0.05, 0) is 19.0 Å². The van der Waals surface area contributed by atoms with Crippen molar-refractivity contribution in [2.75, 3.05) is 6.54 Å². The molecule has 0 saturated carbocycles. The van der Waals surface area contributed by atoms with E-state index in [4.69, 9.17) is 0 Å². The summed E-state index contributed by atoms with van der Waals surface area (Å²) in [5.41, 5.74) is 2.53. The standard InChI is InChI=1S/C13H18N4/c1-3-14-8-13-15-10-16-17(13)9-12-6-4-11(2)5-7-12/h4-7,10,14H,3,8-9H2,1-2H3. The molecule has 0 saturated heterocycles. The molecule has 1 N–H and O–H groups in total. The number of nitrogens with one attached hydrogen (secondary N) is 1. The van der Waals surface area contributed by atoms with Crippen molar-refractivity contribution in [3.8, 4) is 0 Å². The molecule has 0 aliphatic heterocycles. The lowest BCUT2D eigenvalue weighted by molar-refractivity contribution is 0.595. The van der Waals surface area contributed by atoms with E-state index in [2.05, 4.69) is 53.5 Å². The Kier molecular flexibility index (Phi) is 3.88. The van der Waals surface area contributed by atoms with Crippen LogP contribution in [0.3, 0.4) is 0 Å². The van der Waals surface area contributed by atoms with Gasteiger partial charge in [0.15, 0.2) is 0 Å². The van der Waals surface area contributed by atoms with E-state index in [1.54, 1.807) is 6.33 Å². The lowest BCUT2D eigenvalue weighted by atomic mass is 10.1. The Bertz CT molecular complexity index is 459. The van der Waals surface area contributed by atoms with Gasteiger partial charge in [-0.15, -0.1) is 0 Å². The lowest BCUT2D eigenvalue weighted by Crippen LogP contribution is -2.17. The molecule has 1 aromatic heterocycles. The van der Waals surface area contributed by atoms with Gasteiger partial charge in [0.2, 0.25) is 0 Å². The van der Waals surface area contributed by atoms with E-state index in [1.165, 1.54) is 11.1 Å². The fourth-order valence-corrected chi connectivity index (χ4v) is 1.66. The highest BCUT2D eigenvalue weighted by Gasteiger charge is 2.03. The van der Waals surface area contributed by atoms with Gasteiger partial charge in [-0.1, -0.05) is 36.8 Å². The second kappa shape index (κ2) is 5.59. The summed E-state index contributed by atoms with van der Waals surface area (Å²) in [6.07, 6.45) is 1.61. The number of rotatable bonds is 5. The molecule has 1 heterocycles. The van der Waals surface area contributed by atoms with E-state index >= 15 is 0 Å². The summed E-state index contributed by atoms with van der Waals surface area (Å²) < 4.78 is 1.94. The molecule has 1 aromatic carbocycles. The summed E-state index contributed by atoms with van der Waals surface area (Å²) in [6, 6.07) is 8.51. The molecule has 2 aromatic rings. The van der Waals surface area contributed by atoms with Gasteiger partial charge in [-0.3, -0.25) is 0 Å². The SMILES string of the molecule is CCNCc1ncnn1Cc1ccc(C)cc1. The summed E-state index contributed by atoms with van der Waals surface area (Å²) in [7, 11) is 0. The fourth-order valence-electron chi connectivity index (χ4n) is 1.66. The first kappa shape index (κ1) is 11.8. The van der Waals surface area contributed by atoms with Gasteiger partial charge in [-0.25, -0.2) is 9.67 Å². The van der Waals surface area contributed by atoms with Gasteiger partial charge in [0.25, 0.3) is 0 Å². The van der Waals surface area contributed by atoms with E-state index < -0.39 is 0 Å². The average molecular weight is 230 g/mol. The zero-order chi connectivity index (χ0) is 12.1. The Hall–Kier alpha value is -1.68. The Morgan fingerprint density at radius 1 is 1.24 bits per heavy atom. The highest BCUT2D eigenvalue weighted by Crippen LogP contribution is 2.06. The summed E-state index contributed by atoms with van der Waals surface area (Å²) in [6.45, 7) is 6.66. The lowest BCUT2D eigenvalue weighted by Gasteiger charge is -2.06. The van der Waals surface area contributed by atoms with Gasteiger partial charge >= 0.3 is 0 Å². The molecule has 0 radical (unpaired) electrons. The summed E-state index contributed by atoms with van der Waals surface area (Å²) in [4.78, 5) is 4.26. The zero-order valence-electron chi connectivity index (χ0n) is 10.3. The number of aryl methyl sites for hydroxylation is 1. The second-order valence-corrected chi connectivity index (χ2v) is 4.10. The van der Waals surface area contributed by atoms with Gasteiger partial charge in [0.05, 0.1) is 13.1 Å². The van der Waals surface area contributed by atoms with E-state index in [1.807, 2.05) is 4.68 Å². The molecule has 0 aliphatic carbocycles. The summed E-state index contributed by atoms with van der Waals surface area (Å²) in [5, 5.41) is 7.51. The molecule has 0 bridgehead atoms. The van der Waals surface area contributed by atoms with E-state index in [-0.39, 0.29) is 0 Å². The first-order valence-corrected chi connectivity index (χ1v) is 5.92. The highest BCUT2D eigenvalue weighted by atomic mass is 15.3. The van der Waals surface area contributed by atoms with Crippen LogP contribution >= 0.6 is 0 Å². The van der Waals surface area contributed by atoms with E-state index in [0.717, 1.165) is 25.5 Å². The van der Waals surface area contributed by atoms with Crippen molar-refractivity contribution < 1.29 is 0 Å². The van der Waals surface area contributed by atoms with Gasteiger partial charge in [0, 0.05) is 0 Å². The Morgan fingerprint density at radius 3 is 2.71 bits per heavy atom. The number of hydrogen-bond acceptors (Lipinski definition) is 3. The molecule has 0 amide bonds. The van der Waals surface area contributed by atoms with Crippen LogP contribution in [-0.2, 0) is 13.1 Å². The Balaban J connectivity index is 2.07. The van der Waals surface area contributed by atoms with Crippen molar-refractivity contribution in [2.45, 2.75) is 26.9 Å². The van der Waals surface area contributed by atoms with Gasteiger partial charge in [0.1, 0.15) is 12.2 Å². The highest BCUT2D eigenvalue weighted by molar-refractivity contribution is 5.21. The third-order valence-corrected chi connectivity index (χ3v) is 2.68. The van der Waals surface area contributed by atoms with E-state index in [0.29, 0.717) is 0 Å². The third kappa shape index (κ3) is 3.14. The maximum absolute atomic E-state index is 4.26. The molecule has 4 nitrogen and oxygen atoms in total. The predicted octanol–water partition coefficient (Wildman–Crippen LogP) is 1.74. The molecule has 17 heavy (non-hydrogen) atoms. The normalized spacial score (nSPS) is 10.7. The smallest absolute Gasteiger partial charge is 0.141 e. The van der Waals surface area contributed by atoms with Crippen LogP contribution in [0.4, 0.5) is 0 Å². The van der Waals surface area contributed by atoms with E-state index in [9.17, 15) is 0 Å². The number of hydrogen-bond donors (Lipinski definition) is 1. The van der Waals surface area contributed by atoms with Crippen LogP contribution in [-0.4, -0.2) is 21.3 Å². The van der Waals surface area contributed by atoms with Crippen LogP contribution in [0.5, 0.6) is 0 Å². The molecule has 0 fully saturated rings. The molecule has 0 spiro atoms. The Labute approximate surface area is 102 Å². The van der Waals surface area contributed by atoms with Crippen molar-refractivity contribution in [1.29, 1.82) is 0 Å². The minimum atomic E-state index is 0.766. The first-order chi connectivity index (χ1) is 8.29. The topological polar surface area (TPSA) is 42.7 Å². The molecule has 0 unspecified atom stereocenters. The van der Waals surface area contributed by atoms with Crippen LogP contribution in [0.1, 0.15) is 23.9 Å². The van der Waals surface area contributed by atoms with Crippen LogP contribution in [0, 0.1) is 6.92 Å². The molecule has 4 heteroatoms. The molecule has 0 aliphatic rings. The largest absolute Gasteiger partial charge is 0.310 e. The number of benzene rings is 1. The van der Waals surface area contributed by atoms with Crippen LogP contribution in [0.2, 0.25) is 0 Å². The van der Waals surface area contributed by atoms with Crippen molar-refractivity contribution in [3.05, 3.63) is 47.5 Å². The molecular formula is C13H18N4. The maximum atomic E-state index is 4.26. The van der Waals surface area contributed by atoms with Crippen LogP contribution < -0.4 is 5.32 Å². The monoisotopic (exact) mass is 230 g/mol. The minimum Gasteiger partial charge on any atom is -0.310 e. The van der Waals surface area contributed by atoms with Gasteiger partial charge in [-0.2, -0.15) is 5.10 Å². The third-order valence-electron chi connectivity index (χ3n) is 2.68. The zero-order valence-corrected chi connectivity index (χ0v) is 10.3. The molecule has 90 valence electrons. The van der Waals surface area contributed by atoms with Crippen molar-refractivity contribution >= 4 is 0 Å². The molecule has 0 atom stereocenters. The number of aromatic nitrogens is 3. The van der Waals surface area contributed by atoms with Crippen LogP contribution in [0.15, 0.2) is 30.6 Å². The van der Waals surface area contributed by atoms with Crippen molar-refractivity contribution in [2.24, 2.45) is 0 Å². The average Bonchev–Trinajstić information content (AvgIpc) is 2.77. The maximum Gasteiger partial charge on any atom is 0.141 e. The summed E-state index contributed by atoms with van der Waals surface area (Å²) in [5.74, 6) is 0.979. The number of nitrogens with zero attached hydrogens (tertiary/aromatic N) is 3. The van der Waals surface area contributed by atoms with Crippen LogP contribution in [0.25, 0.3) is 0 Å². The molecular weight excluding hydrogens is 212 g/mol. The fraction of sp³-hybridized carbons (Fsp3) is 0.385. The Morgan fingerprint density at radius 2 is 2.00 bits per heavy atom. The second-order valence-electron chi connectivity index (χ2n) is 4.10.